The van der Waals surface area contributed by atoms with Gasteiger partial charge in [0.15, 0.2) is 11.5 Å². The molecular weight excluding hydrogens is 227 g/mol. The second-order valence-corrected chi connectivity index (χ2v) is 3.43. The lowest BCUT2D eigenvalue weighted by Crippen LogP contribution is -2.21. The van der Waals surface area contributed by atoms with Crippen molar-refractivity contribution in [2.24, 2.45) is 0 Å². The standard InChI is InChI=1S/C12H15FO4/c1-3-17-12(15)9(13)6-8-4-5-10(14)11(7-8)16-2/h4-5,7,9,14H,3,6H2,1-2H3. The highest BCUT2D eigenvalue weighted by Gasteiger charge is 2.19. The van der Waals surface area contributed by atoms with Crippen molar-refractivity contribution < 1.29 is 23.8 Å². The molecule has 0 radical (unpaired) electrons. The maximum Gasteiger partial charge on any atom is 0.341 e. The highest BCUT2D eigenvalue weighted by molar-refractivity contribution is 5.74. The number of aromatic hydroxyl groups is 1. The Morgan fingerprint density at radius 3 is 2.82 bits per heavy atom. The van der Waals surface area contributed by atoms with Gasteiger partial charge in [0.05, 0.1) is 13.7 Å². The van der Waals surface area contributed by atoms with Crippen LogP contribution in [0.1, 0.15) is 12.5 Å². The smallest absolute Gasteiger partial charge is 0.341 e. The summed E-state index contributed by atoms with van der Waals surface area (Å²) in [5, 5.41) is 9.35. The molecule has 0 aliphatic heterocycles. The molecule has 4 nitrogen and oxygen atoms in total. The van der Waals surface area contributed by atoms with E-state index in [1.165, 1.54) is 25.3 Å². The maximum atomic E-state index is 13.4. The second kappa shape index (κ2) is 6.08. The Labute approximate surface area is 99.0 Å². The first-order valence-corrected chi connectivity index (χ1v) is 5.25. The summed E-state index contributed by atoms with van der Waals surface area (Å²) in [5.41, 5.74) is 0.556. The zero-order valence-corrected chi connectivity index (χ0v) is 9.77. The largest absolute Gasteiger partial charge is 0.504 e. The normalized spacial score (nSPS) is 11.9. The summed E-state index contributed by atoms with van der Waals surface area (Å²) in [6.45, 7) is 1.77. The van der Waals surface area contributed by atoms with Crippen LogP contribution in [0, 0.1) is 0 Å². The van der Waals surface area contributed by atoms with Gasteiger partial charge >= 0.3 is 5.97 Å². The van der Waals surface area contributed by atoms with Crippen molar-refractivity contribution in [3.63, 3.8) is 0 Å². The Balaban J connectivity index is 2.71. The number of phenolic OH excluding ortho intramolecular Hbond substituents is 1. The number of rotatable bonds is 5. The van der Waals surface area contributed by atoms with Gasteiger partial charge in [-0.25, -0.2) is 9.18 Å². The molecule has 17 heavy (non-hydrogen) atoms. The van der Waals surface area contributed by atoms with Crippen LogP contribution in [0.15, 0.2) is 18.2 Å². The minimum Gasteiger partial charge on any atom is -0.504 e. The van der Waals surface area contributed by atoms with Gasteiger partial charge in [0.2, 0.25) is 6.17 Å². The number of carbonyl (C=O) groups excluding carboxylic acids is 1. The molecule has 0 bridgehead atoms. The lowest BCUT2D eigenvalue weighted by atomic mass is 10.1. The summed E-state index contributed by atoms with van der Waals surface area (Å²) >= 11 is 0. The van der Waals surface area contributed by atoms with Crippen LogP contribution in [0.2, 0.25) is 0 Å². The molecule has 0 amide bonds. The molecule has 0 aliphatic carbocycles. The van der Waals surface area contributed by atoms with Gasteiger partial charge in [0.1, 0.15) is 0 Å². The molecule has 1 N–H and O–H groups in total. The van der Waals surface area contributed by atoms with Crippen LogP contribution in [0.3, 0.4) is 0 Å². The van der Waals surface area contributed by atoms with Crippen LogP contribution in [-0.4, -0.2) is 31.0 Å². The molecule has 1 rings (SSSR count). The SMILES string of the molecule is CCOC(=O)C(F)Cc1ccc(O)c(OC)c1. The maximum absolute atomic E-state index is 13.4. The van der Waals surface area contributed by atoms with Gasteiger partial charge in [-0.1, -0.05) is 6.07 Å². The minimum absolute atomic E-state index is 0.0252. The summed E-state index contributed by atoms with van der Waals surface area (Å²) in [5.74, 6) is -0.652. The van der Waals surface area contributed by atoms with Crippen molar-refractivity contribution >= 4 is 5.97 Å². The van der Waals surface area contributed by atoms with Crippen molar-refractivity contribution in [2.75, 3.05) is 13.7 Å². The Bertz CT molecular complexity index is 392. The average molecular weight is 242 g/mol. The molecule has 1 aromatic carbocycles. The Hall–Kier alpha value is -1.78. The molecule has 94 valence electrons. The molecular formula is C12H15FO4. The number of alkyl halides is 1. The zero-order chi connectivity index (χ0) is 12.8. The number of hydrogen-bond acceptors (Lipinski definition) is 4. The molecule has 0 heterocycles. The number of carbonyl (C=O) groups is 1. The van der Waals surface area contributed by atoms with Crippen LogP contribution >= 0.6 is 0 Å². The summed E-state index contributed by atoms with van der Waals surface area (Å²) < 4.78 is 22.9. The van der Waals surface area contributed by atoms with Crippen LogP contribution < -0.4 is 4.74 Å². The van der Waals surface area contributed by atoms with E-state index in [1.54, 1.807) is 6.92 Å². The average Bonchev–Trinajstić information content (AvgIpc) is 2.31. The summed E-state index contributed by atoms with van der Waals surface area (Å²) in [6, 6.07) is 4.41. The number of benzene rings is 1. The van der Waals surface area contributed by atoms with E-state index in [0.29, 0.717) is 5.56 Å². The topological polar surface area (TPSA) is 55.8 Å². The molecule has 0 aliphatic rings. The van der Waals surface area contributed by atoms with Gasteiger partial charge in [-0.2, -0.15) is 0 Å². The fourth-order valence-electron chi connectivity index (χ4n) is 1.37. The summed E-state index contributed by atoms with van der Waals surface area (Å²) in [4.78, 5) is 11.1. The van der Waals surface area contributed by atoms with Crippen molar-refractivity contribution in [3.8, 4) is 11.5 Å². The number of methoxy groups -OCH3 is 1. The molecule has 0 aromatic heterocycles. The first kappa shape index (κ1) is 13.3. The predicted octanol–water partition coefficient (Wildman–Crippen LogP) is 1.84. The lowest BCUT2D eigenvalue weighted by molar-refractivity contribution is -0.149. The van der Waals surface area contributed by atoms with Gasteiger partial charge < -0.3 is 14.6 Å². The van der Waals surface area contributed by atoms with Crippen LogP contribution in [0.5, 0.6) is 11.5 Å². The number of hydrogen-bond donors (Lipinski definition) is 1. The van der Waals surface area contributed by atoms with Crippen LogP contribution in [0.25, 0.3) is 0 Å². The third kappa shape index (κ3) is 3.62. The van der Waals surface area contributed by atoms with Gasteiger partial charge in [-0.15, -0.1) is 0 Å². The third-order valence-electron chi connectivity index (χ3n) is 2.20. The van der Waals surface area contributed by atoms with E-state index in [1.807, 2.05) is 0 Å². The monoisotopic (exact) mass is 242 g/mol. The Morgan fingerprint density at radius 2 is 2.24 bits per heavy atom. The molecule has 0 spiro atoms. The van der Waals surface area contributed by atoms with Crippen molar-refractivity contribution in [2.45, 2.75) is 19.5 Å². The van der Waals surface area contributed by atoms with Crippen molar-refractivity contribution in [3.05, 3.63) is 23.8 Å². The molecule has 1 atom stereocenters. The Kier molecular flexibility index (Phi) is 4.75. The number of phenols is 1. The molecule has 0 fully saturated rings. The van der Waals surface area contributed by atoms with E-state index in [0.717, 1.165) is 0 Å². The van der Waals surface area contributed by atoms with Gasteiger partial charge in [0, 0.05) is 6.42 Å². The zero-order valence-electron chi connectivity index (χ0n) is 9.77. The van der Waals surface area contributed by atoms with E-state index in [9.17, 15) is 14.3 Å². The number of halogens is 1. The molecule has 0 saturated carbocycles. The second-order valence-electron chi connectivity index (χ2n) is 3.43. The van der Waals surface area contributed by atoms with E-state index in [4.69, 9.17) is 4.74 Å². The molecule has 1 unspecified atom stereocenters. The van der Waals surface area contributed by atoms with E-state index < -0.39 is 12.1 Å². The highest BCUT2D eigenvalue weighted by Crippen LogP contribution is 2.27. The van der Waals surface area contributed by atoms with E-state index in [-0.39, 0.29) is 24.5 Å². The van der Waals surface area contributed by atoms with Crippen LogP contribution in [0.4, 0.5) is 4.39 Å². The first-order valence-electron chi connectivity index (χ1n) is 5.25. The summed E-state index contributed by atoms with van der Waals surface area (Å²) in [6.07, 6.45) is -1.81. The van der Waals surface area contributed by atoms with Gasteiger partial charge in [-0.3, -0.25) is 0 Å². The van der Waals surface area contributed by atoms with Gasteiger partial charge in [0.25, 0.3) is 0 Å². The number of ether oxygens (including phenoxy) is 2. The van der Waals surface area contributed by atoms with E-state index >= 15 is 0 Å². The Morgan fingerprint density at radius 1 is 1.53 bits per heavy atom. The van der Waals surface area contributed by atoms with E-state index in [2.05, 4.69) is 4.74 Å². The predicted molar refractivity (Wildman–Crippen MR) is 59.9 cm³/mol. The molecule has 5 heteroatoms. The lowest BCUT2D eigenvalue weighted by Gasteiger charge is -2.09. The third-order valence-corrected chi connectivity index (χ3v) is 2.20. The fourth-order valence-corrected chi connectivity index (χ4v) is 1.37. The van der Waals surface area contributed by atoms with Crippen LogP contribution in [-0.2, 0) is 16.0 Å². The van der Waals surface area contributed by atoms with Crippen molar-refractivity contribution in [1.82, 2.24) is 0 Å². The number of esters is 1. The minimum atomic E-state index is -1.70. The fraction of sp³-hybridized carbons (Fsp3) is 0.417. The highest BCUT2D eigenvalue weighted by atomic mass is 19.1. The molecule has 0 saturated heterocycles. The molecule has 1 aromatic rings. The van der Waals surface area contributed by atoms with Crippen molar-refractivity contribution in [1.29, 1.82) is 0 Å². The van der Waals surface area contributed by atoms with Gasteiger partial charge in [-0.05, 0) is 24.6 Å². The first-order chi connectivity index (χ1) is 8.08. The quantitative estimate of drug-likeness (QED) is 0.800. The summed E-state index contributed by atoms with van der Waals surface area (Å²) in [7, 11) is 1.40.